The van der Waals surface area contributed by atoms with Crippen molar-refractivity contribution in [2.24, 2.45) is 4.99 Å². The molecule has 0 saturated carbocycles. The molecule has 0 bridgehead atoms. The highest BCUT2D eigenvalue weighted by Crippen LogP contribution is 1.96. The molecule has 0 aromatic heterocycles. The number of hydrogen-bond acceptors (Lipinski definition) is 2. The van der Waals surface area contributed by atoms with Crippen LogP contribution in [0.3, 0.4) is 0 Å². The molecule has 0 fully saturated rings. The normalized spacial score (nSPS) is 11.9. The maximum atomic E-state index is 4.20. The van der Waals surface area contributed by atoms with Gasteiger partial charge in [0.25, 0.3) is 0 Å². The Labute approximate surface area is 107 Å². The highest BCUT2D eigenvalue weighted by atomic mass is 15.2. The zero-order valence-electron chi connectivity index (χ0n) is 12.1. The van der Waals surface area contributed by atoms with Crippen molar-refractivity contribution in [2.45, 2.75) is 39.0 Å². The third-order valence-electron chi connectivity index (χ3n) is 2.62. The molecule has 0 spiro atoms. The highest BCUT2D eigenvalue weighted by molar-refractivity contribution is 5.79. The van der Waals surface area contributed by atoms with E-state index >= 15 is 0 Å². The highest BCUT2D eigenvalue weighted by Gasteiger charge is 1.96. The molecule has 0 heterocycles. The summed E-state index contributed by atoms with van der Waals surface area (Å²) >= 11 is 0. The van der Waals surface area contributed by atoms with Crippen LogP contribution in [0.5, 0.6) is 0 Å². The second-order valence-corrected chi connectivity index (χ2v) is 4.64. The van der Waals surface area contributed by atoms with Gasteiger partial charge in [0.1, 0.15) is 0 Å². The fourth-order valence-electron chi connectivity index (χ4n) is 1.58. The van der Waals surface area contributed by atoms with Gasteiger partial charge in [-0.3, -0.25) is 4.99 Å². The lowest BCUT2D eigenvalue weighted by molar-refractivity contribution is 0.399. The number of hydrogen-bond donors (Lipinski definition) is 2. The molecule has 0 unspecified atom stereocenters. The van der Waals surface area contributed by atoms with Crippen molar-refractivity contribution in [3.8, 4) is 0 Å². The van der Waals surface area contributed by atoms with Crippen LogP contribution in [0.15, 0.2) is 4.99 Å². The van der Waals surface area contributed by atoms with Gasteiger partial charge in [0.05, 0.1) is 0 Å². The Bertz CT molecular complexity index is 190. The minimum absolute atomic E-state index is 0.931. The van der Waals surface area contributed by atoms with E-state index in [1.807, 2.05) is 7.05 Å². The number of nitrogens with zero attached hydrogens (tertiary/aromatic N) is 2. The summed E-state index contributed by atoms with van der Waals surface area (Å²) in [7, 11) is 6.02. The van der Waals surface area contributed by atoms with Crippen LogP contribution in [0.25, 0.3) is 0 Å². The topological polar surface area (TPSA) is 39.7 Å². The van der Waals surface area contributed by atoms with Gasteiger partial charge in [-0.1, -0.05) is 26.2 Å². The summed E-state index contributed by atoms with van der Waals surface area (Å²) in [5.41, 5.74) is 0. The quantitative estimate of drug-likeness (QED) is 0.367. The lowest BCUT2D eigenvalue weighted by atomic mass is 10.2. The monoisotopic (exact) mass is 242 g/mol. The second-order valence-electron chi connectivity index (χ2n) is 4.64. The Morgan fingerprint density at radius 1 is 1.00 bits per heavy atom. The fourth-order valence-corrected chi connectivity index (χ4v) is 1.58. The molecule has 0 aromatic rings. The summed E-state index contributed by atoms with van der Waals surface area (Å²) in [6, 6.07) is 0. The minimum atomic E-state index is 0.931. The number of nitrogens with one attached hydrogen (secondary N) is 2. The van der Waals surface area contributed by atoms with E-state index in [1.165, 1.54) is 25.7 Å². The van der Waals surface area contributed by atoms with Crippen molar-refractivity contribution in [1.82, 2.24) is 15.5 Å². The molecule has 0 atom stereocenters. The van der Waals surface area contributed by atoms with E-state index in [2.05, 4.69) is 41.5 Å². The molecule has 0 saturated heterocycles. The van der Waals surface area contributed by atoms with Crippen molar-refractivity contribution < 1.29 is 0 Å². The standard InChI is InChI=1S/C13H30N4/c1-5-6-7-8-10-15-13(14-2)16-11-9-12-17(3)4/h5-12H2,1-4H3,(H2,14,15,16). The molecule has 2 N–H and O–H groups in total. The summed E-state index contributed by atoms with van der Waals surface area (Å²) < 4.78 is 0. The van der Waals surface area contributed by atoms with E-state index in [1.54, 1.807) is 0 Å². The molecule has 0 rings (SSSR count). The van der Waals surface area contributed by atoms with Crippen molar-refractivity contribution in [3.63, 3.8) is 0 Å². The maximum Gasteiger partial charge on any atom is 0.190 e. The molecule has 4 nitrogen and oxygen atoms in total. The van der Waals surface area contributed by atoms with Gasteiger partial charge in [0.15, 0.2) is 5.96 Å². The largest absolute Gasteiger partial charge is 0.356 e. The van der Waals surface area contributed by atoms with E-state index < -0.39 is 0 Å². The molecule has 4 heteroatoms. The lowest BCUT2D eigenvalue weighted by Crippen LogP contribution is -2.38. The molecular weight excluding hydrogens is 212 g/mol. The Morgan fingerprint density at radius 3 is 2.18 bits per heavy atom. The average Bonchev–Trinajstić information content (AvgIpc) is 2.31. The van der Waals surface area contributed by atoms with Crippen molar-refractivity contribution in [2.75, 3.05) is 40.8 Å². The van der Waals surface area contributed by atoms with Crippen molar-refractivity contribution in [1.29, 1.82) is 0 Å². The number of guanidine groups is 1. The number of aliphatic imine (C=N–C) groups is 1. The van der Waals surface area contributed by atoms with Gasteiger partial charge in [0, 0.05) is 20.1 Å². The summed E-state index contributed by atoms with van der Waals surface area (Å²) in [5.74, 6) is 0.931. The molecule has 0 aliphatic heterocycles. The number of unbranched alkanes of at least 4 members (excludes halogenated alkanes) is 3. The van der Waals surface area contributed by atoms with Crippen LogP contribution in [0, 0.1) is 0 Å². The predicted octanol–water partition coefficient (Wildman–Crippen LogP) is 1.68. The maximum absolute atomic E-state index is 4.20. The molecule has 102 valence electrons. The van der Waals surface area contributed by atoms with Gasteiger partial charge in [-0.05, 0) is 33.5 Å². The summed E-state index contributed by atoms with van der Waals surface area (Å²) in [4.78, 5) is 6.40. The first-order valence-electron chi connectivity index (χ1n) is 6.80. The van der Waals surface area contributed by atoms with E-state index in [4.69, 9.17) is 0 Å². The van der Waals surface area contributed by atoms with Gasteiger partial charge in [-0.2, -0.15) is 0 Å². The van der Waals surface area contributed by atoms with Crippen LogP contribution >= 0.6 is 0 Å². The van der Waals surface area contributed by atoms with Crippen LogP contribution < -0.4 is 10.6 Å². The fraction of sp³-hybridized carbons (Fsp3) is 0.923. The molecule has 0 radical (unpaired) electrons. The minimum Gasteiger partial charge on any atom is -0.356 e. The summed E-state index contributed by atoms with van der Waals surface area (Å²) in [6.07, 6.45) is 6.30. The van der Waals surface area contributed by atoms with Crippen LogP contribution in [0.1, 0.15) is 39.0 Å². The van der Waals surface area contributed by atoms with Crippen LogP contribution in [0.2, 0.25) is 0 Å². The average molecular weight is 242 g/mol. The van der Waals surface area contributed by atoms with Crippen molar-refractivity contribution in [3.05, 3.63) is 0 Å². The first-order chi connectivity index (χ1) is 8.20. The smallest absolute Gasteiger partial charge is 0.190 e. The summed E-state index contributed by atoms with van der Waals surface area (Å²) in [5, 5.41) is 6.67. The van der Waals surface area contributed by atoms with E-state index in [9.17, 15) is 0 Å². The second kappa shape index (κ2) is 11.7. The third-order valence-corrected chi connectivity index (χ3v) is 2.62. The van der Waals surface area contributed by atoms with Crippen molar-refractivity contribution >= 4 is 5.96 Å². The van der Waals surface area contributed by atoms with Crippen LogP contribution in [-0.2, 0) is 0 Å². The van der Waals surface area contributed by atoms with Gasteiger partial charge < -0.3 is 15.5 Å². The molecule has 17 heavy (non-hydrogen) atoms. The lowest BCUT2D eigenvalue weighted by Gasteiger charge is -2.13. The van der Waals surface area contributed by atoms with E-state index in [-0.39, 0.29) is 0 Å². The third kappa shape index (κ3) is 11.5. The summed E-state index contributed by atoms with van der Waals surface area (Å²) in [6.45, 7) is 5.35. The van der Waals surface area contributed by atoms with Gasteiger partial charge in [0.2, 0.25) is 0 Å². The zero-order chi connectivity index (χ0) is 12.9. The van der Waals surface area contributed by atoms with Crippen LogP contribution in [0.4, 0.5) is 0 Å². The Kier molecular flexibility index (Phi) is 11.2. The van der Waals surface area contributed by atoms with Gasteiger partial charge in [-0.15, -0.1) is 0 Å². The molecule has 0 aromatic carbocycles. The SMILES string of the molecule is CCCCCCNC(=NC)NCCCN(C)C. The molecular formula is C13H30N4. The van der Waals surface area contributed by atoms with Gasteiger partial charge >= 0.3 is 0 Å². The Morgan fingerprint density at radius 2 is 1.65 bits per heavy atom. The molecule has 0 aliphatic rings. The zero-order valence-corrected chi connectivity index (χ0v) is 12.1. The van der Waals surface area contributed by atoms with E-state index in [0.29, 0.717) is 0 Å². The molecule has 0 aliphatic carbocycles. The van der Waals surface area contributed by atoms with E-state index in [0.717, 1.165) is 32.0 Å². The van der Waals surface area contributed by atoms with Gasteiger partial charge in [-0.25, -0.2) is 0 Å². The Hall–Kier alpha value is -0.770. The first kappa shape index (κ1) is 16.2. The Balaban J connectivity index is 3.44. The van der Waals surface area contributed by atoms with Crippen LogP contribution in [-0.4, -0.2) is 51.6 Å². The molecule has 0 amide bonds. The predicted molar refractivity (Wildman–Crippen MR) is 76.7 cm³/mol. The number of rotatable bonds is 9. The first-order valence-corrected chi connectivity index (χ1v) is 6.80.